The number of esters is 1. The molecule has 0 fully saturated rings. The van der Waals surface area contributed by atoms with E-state index >= 15 is 0 Å². The Morgan fingerprint density at radius 2 is 2.31 bits per heavy atom. The summed E-state index contributed by atoms with van der Waals surface area (Å²) in [7, 11) is 0. The average molecular weight is 259 g/mol. The van der Waals surface area contributed by atoms with Gasteiger partial charge in [-0.05, 0) is 24.6 Å². The molecule has 0 aliphatic carbocycles. The Balaban J connectivity index is 2.26. The maximum atomic E-state index is 11.3. The van der Waals surface area contributed by atoms with E-state index in [0.29, 0.717) is 17.4 Å². The van der Waals surface area contributed by atoms with Gasteiger partial charge < -0.3 is 4.74 Å². The van der Waals surface area contributed by atoms with Crippen molar-refractivity contribution in [3.05, 3.63) is 29.3 Å². The Morgan fingerprint density at radius 3 is 3.00 bits per heavy atom. The molecular formula is C12H15ClO2S. The average Bonchev–Trinajstić information content (AvgIpc) is 2.27. The summed E-state index contributed by atoms with van der Waals surface area (Å²) >= 11 is 7.27. The third-order valence-electron chi connectivity index (χ3n) is 1.91. The summed E-state index contributed by atoms with van der Waals surface area (Å²) in [5, 5.41) is 0.685. The van der Waals surface area contributed by atoms with Crippen molar-refractivity contribution in [2.45, 2.75) is 24.7 Å². The standard InChI is InChI=1S/C12H15ClO2S/c1-2-3-7-15-12(14)9-16-11-6-4-5-10(13)8-11/h4-6,8H,2-3,7,9H2,1H3. The number of carbonyl (C=O) groups excluding carboxylic acids is 1. The summed E-state index contributed by atoms with van der Waals surface area (Å²) in [5.74, 6) is 0.169. The molecule has 0 heterocycles. The van der Waals surface area contributed by atoms with Crippen LogP contribution in [0.25, 0.3) is 0 Å². The zero-order chi connectivity index (χ0) is 11.8. The number of hydrogen-bond acceptors (Lipinski definition) is 3. The van der Waals surface area contributed by atoms with Gasteiger partial charge in [-0.25, -0.2) is 0 Å². The van der Waals surface area contributed by atoms with Crippen LogP contribution in [0.3, 0.4) is 0 Å². The van der Waals surface area contributed by atoms with Crippen LogP contribution in [0.15, 0.2) is 29.2 Å². The van der Waals surface area contributed by atoms with E-state index in [-0.39, 0.29) is 5.97 Å². The quantitative estimate of drug-likeness (QED) is 0.441. The molecule has 0 unspecified atom stereocenters. The molecule has 0 spiro atoms. The first-order valence-corrected chi connectivity index (χ1v) is 6.62. The number of thioether (sulfide) groups is 1. The summed E-state index contributed by atoms with van der Waals surface area (Å²) in [5.41, 5.74) is 0. The van der Waals surface area contributed by atoms with E-state index in [4.69, 9.17) is 16.3 Å². The molecule has 1 rings (SSSR count). The number of halogens is 1. The Kier molecular flexibility index (Phi) is 6.34. The van der Waals surface area contributed by atoms with E-state index in [9.17, 15) is 4.79 Å². The zero-order valence-corrected chi connectivity index (χ0v) is 10.8. The van der Waals surface area contributed by atoms with Crippen molar-refractivity contribution >= 4 is 29.3 Å². The van der Waals surface area contributed by atoms with Gasteiger partial charge >= 0.3 is 5.97 Å². The van der Waals surface area contributed by atoms with E-state index in [2.05, 4.69) is 6.92 Å². The predicted octanol–water partition coefficient (Wildman–Crippen LogP) is 3.78. The van der Waals surface area contributed by atoms with E-state index in [1.165, 1.54) is 11.8 Å². The molecule has 16 heavy (non-hydrogen) atoms. The first kappa shape index (κ1) is 13.4. The fraction of sp³-hybridized carbons (Fsp3) is 0.417. The predicted molar refractivity (Wildman–Crippen MR) is 68.0 cm³/mol. The maximum Gasteiger partial charge on any atom is 0.316 e. The van der Waals surface area contributed by atoms with Gasteiger partial charge in [0.05, 0.1) is 12.4 Å². The Morgan fingerprint density at radius 1 is 1.50 bits per heavy atom. The Labute approximate surface area is 105 Å². The van der Waals surface area contributed by atoms with Crippen molar-refractivity contribution in [1.29, 1.82) is 0 Å². The van der Waals surface area contributed by atoms with Gasteiger partial charge in [0, 0.05) is 9.92 Å². The minimum atomic E-state index is -0.168. The summed E-state index contributed by atoms with van der Waals surface area (Å²) < 4.78 is 5.04. The highest BCUT2D eigenvalue weighted by atomic mass is 35.5. The monoisotopic (exact) mass is 258 g/mol. The van der Waals surface area contributed by atoms with E-state index in [1.807, 2.05) is 24.3 Å². The van der Waals surface area contributed by atoms with Crippen LogP contribution in [0, 0.1) is 0 Å². The first-order chi connectivity index (χ1) is 7.72. The molecule has 0 atom stereocenters. The van der Waals surface area contributed by atoms with Crippen molar-refractivity contribution in [3.8, 4) is 0 Å². The second-order valence-electron chi connectivity index (χ2n) is 3.32. The molecule has 0 aliphatic heterocycles. The molecule has 0 amide bonds. The second kappa shape index (κ2) is 7.58. The Hall–Kier alpha value is -0.670. The van der Waals surface area contributed by atoms with Gasteiger partial charge in [0.25, 0.3) is 0 Å². The molecule has 0 aliphatic rings. The van der Waals surface area contributed by atoms with Crippen LogP contribution in [-0.2, 0) is 9.53 Å². The lowest BCUT2D eigenvalue weighted by Crippen LogP contribution is -2.08. The summed E-state index contributed by atoms with van der Waals surface area (Å²) in [6, 6.07) is 7.44. The lowest BCUT2D eigenvalue weighted by atomic mass is 10.4. The van der Waals surface area contributed by atoms with Crippen LogP contribution in [0.2, 0.25) is 5.02 Å². The lowest BCUT2D eigenvalue weighted by Gasteiger charge is -2.03. The normalized spacial score (nSPS) is 10.1. The number of ether oxygens (including phenoxy) is 1. The number of benzene rings is 1. The van der Waals surface area contributed by atoms with Crippen molar-refractivity contribution in [2.75, 3.05) is 12.4 Å². The fourth-order valence-electron chi connectivity index (χ4n) is 1.07. The van der Waals surface area contributed by atoms with Gasteiger partial charge in [0.1, 0.15) is 0 Å². The van der Waals surface area contributed by atoms with Gasteiger partial charge in [-0.3, -0.25) is 4.79 Å². The molecule has 0 saturated carbocycles. The van der Waals surface area contributed by atoms with Crippen molar-refractivity contribution in [2.24, 2.45) is 0 Å². The van der Waals surface area contributed by atoms with Gasteiger partial charge in [-0.15, -0.1) is 11.8 Å². The van der Waals surface area contributed by atoms with Crippen LogP contribution >= 0.6 is 23.4 Å². The number of rotatable bonds is 6. The van der Waals surface area contributed by atoms with Crippen LogP contribution in [-0.4, -0.2) is 18.3 Å². The topological polar surface area (TPSA) is 26.3 Å². The van der Waals surface area contributed by atoms with E-state index < -0.39 is 0 Å². The molecule has 88 valence electrons. The maximum absolute atomic E-state index is 11.3. The number of hydrogen-bond donors (Lipinski definition) is 0. The van der Waals surface area contributed by atoms with Crippen molar-refractivity contribution in [3.63, 3.8) is 0 Å². The molecular weight excluding hydrogens is 244 g/mol. The van der Waals surface area contributed by atoms with Gasteiger partial charge in [0.15, 0.2) is 0 Å². The smallest absolute Gasteiger partial charge is 0.316 e. The molecule has 0 radical (unpaired) electrons. The highest BCUT2D eigenvalue weighted by Gasteiger charge is 2.03. The first-order valence-electron chi connectivity index (χ1n) is 5.26. The van der Waals surface area contributed by atoms with Gasteiger partial charge in [-0.1, -0.05) is 31.0 Å². The minimum absolute atomic E-state index is 0.168. The number of unbranched alkanes of at least 4 members (excludes halogenated alkanes) is 1. The zero-order valence-electron chi connectivity index (χ0n) is 9.24. The van der Waals surface area contributed by atoms with Crippen molar-refractivity contribution < 1.29 is 9.53 Å². The SMILES string of the molecule is CCCCOC(=O)CSc1cccc(Cl)c1. The number of carbonyl (C=O) groups is 1. The molecule has 0 bridgehead atoms. The molecule has 0 aromatic heterocycles. The highest BCUT2D eigenvalue weighted by molar-refractivity contribution is 8.00. The summed E-state index contributed by atoms with van der Waals surface area (Å²) in [6.07, 6.45) is 1.96. The summed E-state index contributed by atoms with van der Waals surface area (Å²) in [6.45, 7) is 2.58. The van der Waals surface area contributed by atoms with E-state index in [1.54, 1.807) is 0 Å². The molecule has 2 nitrogen and oxygen atoms in total. The third kappa shape index (κ3) is 5.42. The van der Waals surface area contributed by atoms with Gasteiger partial charge in [0.2, 0.25) is 0 Å². The lowest BCUT2D eigenvalue weighted by molar-refractivity contribution is -0.140. The van der Waals surface area contributed by atoms with Crippen LogP contribution < -0.4 is 0 Å². The van der Waals surface area contributed by atoms with Crippen LogP contribution in [0.5, 0.6) is 0 Å². The molecule has 4 heteroatoms. The minimum Gasteiger partial charge on any atom is -0.465 e. The van der Waals surface area contributed by atoms with Crippen LogP contribution in [0.1, 0.15) is 19.8 Å². The largest absolute Gasteiger partial charge is 0.465 e. The molecule has 1 aromatic rings. The van der Waals surface area contributed by atoms with Gasteiger partial charge in [-0.2, -0.15) is 0 Å². The molecule has 1 aromatic carbocycles. The Bertz CT molecular complexity index is 342. The summed E-state index contributed by atoms with van der Waals surface area (Å²) in [4.78, 5) is 12.3. The molecule has 0 N–H and O–H groups in total. The fourth-order valence-corrected chi connectivity index (χ4v) is 2.08. The third-order valence-corrected chi connectivity index (χ3v) is 3.12. The molecule has 0 saturated heterocycles. The second-order valence-corrected chi connectivity index (χ2v) is 4.81. The highest BCUT2D eigenvalue weighted by Crippen LogP contribution is 2.21. The van der Waals surface area contributed by atoms with Crippen molar-refractivity contribution in [1.82, 2.24) is 0 Å². The van der Waals surface area contributed by atoms with E-state index in [0.717, 1.165) is 17.7 Å². The van der Waals surface area contributed by atoms with Crippen LogP contribution in [0.4, 0.5) is 0 Å².